The van der Waals surface area contributed by atoms with Gasteiger partial charge in [0.25, 0.3) is 0 Å². The summed E-state index contributed by atoms with van der Waals surface area (Å²) in [5.74, 6) is 2.18. The molecule has 3 heteroatoms. The van der Waals surface area contributed by atoms with Crippen molar-refractivity contribution < 1.29 is 0 Å². The van der Waals surface area contributed by atoms with Gasteiger partial charge in [0.05, 0.1) is 12.0 Å². The third-order valence-electron chi connectivity index (χ3n) is 0.918. The Morgan fingerprint density at radius 3 is 2.00 bits per heavy atom. The highest BCUT2D eigenvalue weighted by Gasteiger charge is 2.03. The zero-order valence-electron chi connectivity index (χ0n) is 5.76. The van der Waals surface area contributed by atoms with Gasteiger partial charge in [-0.05, 0) is 12.5 Å². The van der Waals surface area contributed by atoms with E-state index in [0.29, 0.717) is 0 Å². The number of nitriles is 1. The Hall–Kier alpha value is 0.190. The minimum absolute atomic E-state index is 0.245. The highest BCUT2D eigenvalue weighted by atomic mass is 32.2. The number of hydrogen-bond acceptors (Lipinski definition) is 3. The predicted molar refractivity (Wildman–Crippen MR) is 45.9 cm³/mol. The van der Waals surface area contributed by atoms with Gasteiger partial charge >= 0.3 is 0 Å². The first-order valence-electron chi connectivity index (χ1n) is 2.72. The molecule has 0 rings (SSSR count). The second-order valence-corrected chi connectivity index (χ2v) is 3.56. The normalized spacial score (nSPS) is 9.56. The lowest BCUT2D eigenvalue weighted by Gasteiger charge is -2.02. The lowest BCUT2D eigenvalue weighted by Crippen LogP contribution is -2.02. The minimum atomic E-state index is 0.245. The number of nitrogens with zero attached hydrogens (tertiary/aromatic N) is 1. The Labute approximate surface area is 65.2 Å². The Morgan fingerprint density at radius 1 is 1.33 bits per heavy atom. The molecular weight excluding hydrogens is 150 g/mol. The highest BCUT2D eigenvalue weighted by Crippen LogP contribution is 2.09. The van der Waals surface area contributed by atoms with E-state index in [-0.39, 0.29) is 5.92 Å². The zero-order valence-corrected chi connectivity index (χ0v) is 7.39. The van der Waals surface area contributed by atoms with Crippen LogP contribution >= 0.6 is 23.5 Å². The molecule has 0 atom stereocenters. The molecule has 52 valence electrons. The summed E-state index contributed by atoms with van der Waals surface area (Å²) in [5.41, 5.74) is 0. The van der Waals surface area contributed by atoms with Gasteiger partial charge in [-0.25, -0.2) is 0 Å². The van der Waals surface area contributed by atoms with Crippen LogP contribution in [0.3, 0.4) is 0 Å². The van der Waals surface area contributed by atoms with E-state index in [1.54, 1.807) is 23.5 Å². The monoisotopic (exact) mass is 161 g/mol. The van der Waals surface area contributed by atoms with E-state index in [1.807, 2.05) is 12.5 Å². The summed E-state index contributed by atoms with van der Waals surface area (Å²) in [4.78, 5) is 0. The molecule has 0 fully saturated rings. The molecule has 0 spiro atoms. The van der Waals surface area contributed by atoms with E-state index in [2.05, 4.69) is 6.07 Å². The SMILES string of the molecule is CSCC(C#N)CSC. The van der Waals surface area contributed by atoms with Crippen LogP contribution < -0.4 is 0 Å². The van der Waals surface area contributed by atoms with Crippen molar-refractivity contribution in [2.24, 2.45) is 5.92 Å². The fraction of sp³-hybridized carbons (Fsp3) is 0.833. The summed E-state index contributed by atoms with van der Waals surface area (Å²) >= 11 is 3.48. The molecule has 0 aliphatic heterocycles. The smallest absolute Gasteiger partial charge is 0.0673 e. The van der Waals surface area contributed by atoms with E-state index in [0.717, 1.165) is 11.5 Å². The van der Waals surface area contributed by atoms with Crippen LogP contribution in [0.5, 0.6) is 0 Å². The standard InChI is InChI=1S/C6H11NS2/c1-8-4-6(3-7)5-9-2/h6H,4-5H2,1-2H3. The molecule has 0 aliphatic rings. The van der Waals surface area contributed by atoms with Crippen molar-refractivity contribution in [3.63, 3.8) is 0 Å². The average molecular weight is 161 g/mol. The maximum absolute atomic E-state index is 8.51. The predicted octanol–water partition coefficient (Wildman–Crippen LogP) is 1.85. The van der Waals surface area contributed by atoms with Gasteiger partial charge in [0.1, 0.15) is 0 Å². The average Bonchev–Trinajstić information content (AvgIpc) is 1.88. The molecule has 9 heavy (non-hydrogen) atoms. The molecule has 0 saturated carbocycles. The highest BCUT2D eigenvalue weighted by molar-refractivity contribution is 7.99. The second kappa shape index (κ2) is 6.31. The van der Waals surface area contributed by atoms with Crippen LogP contribution in [0.2, 0.25) is 0 Å². The third kappa shape index (κ3) is 4.68. The van der Waals surface area contributed by atoms with Gasteiger partial charge in [-0.3, -0.25) is 0 Å². The molecule has 0 amide bonds. The molecule has 1 nitrogen and oxygen atoms in total. The summed E-state index contributed by atoms with van der Waals surface area (Å²) in [5, 5.41) is 8.51. The molecule has 0 unspecified atom stereocenters. The van der Waals surface area contributed by atoms with Crippen LogP contribution in [0, 0.1) is 17.2 Å². The molecule has 0 aromatic rings. The number of thioether (sulfide) groups is 2. The molecule has 0 aliphatic carbocycles. The summed E-state index contributed by atoms with van der Waals surface area (Å²) < 4.78 is 0. The van der Waals surface area contributed by atoms with Crippen molar-refractivity contribution in [1.29, 1.82) is 5.26 Å². The van der Waals surface area contributed by atoms with Crippen molar-refractivity contribution >= 4 is 23.5 Å². The molecule has 0 heterocycles. The van der Waals surface area contributed by atoms with E-state index in [9.17, 15) is 0 Å². The summed E-state index contributed by atoms with van der Waals surface area (Å²) in [6, 6.07) is 2.26. The third-order valence-corrected chi connectivity index (χ3v) is 2.39. The molecule has 0 bridgehead atoms. The lowest BCUT2D eigenvalue weighted by molar-refractivity contribution is 0.882. The van der Waals surface area contributed by atoms with Gasteiger partial charge in [0.15, 0.2) is 0 Å². The summed E-state index contributed by atoms with van der Waals surface area (Å²) in [7, 11) is 0. The zero-order chi connectivity index (χ0) is 7.11. The van der Waals surface area contributed by atoms with Crippen molar-refractivity contribution in [2.45, 2.75) is 0 Å². The second-order valence-electron chi connectivity index (χ2n) is 1.74. The van der Waals surface area contributed by atoms with E-state index in [4.69, 9.17) is 5.26 Å². The Morgan fingerprint density at radius 2 is 1.78 bits per heavy atom. The van der Waals surface area contributed by atoms with Gasteiger partial charge in [0, 0.05) is 11.5 Å². The van der Waals surface area contributed by atoms with Crippen molar-refractivity contribution in [2.75, 3.05) is 24.0 Å². The first-order valence-corrected chi connectivity index (χ1v) is 5.51. The first-order chi connectivity index (χ1) is 4.35. The molecule has 0 N–H and O–H groups in total. The fourth-order valence-electron chi connectivity index (χ4n) is 0.525. The Kier molecular flexibility index (Phi) is 6.45. The lowest BCUT2D eigenvalue weighted by atomic mass is 10.2. The minimum Gasteiger partial charge on any atom is -0.198 e. The maximum Gasteiger partial charge on any atom is 0.0673 e. The molecule has 0 aromatic heterocycles. The van der Waals surface area contributed by atoms with E-state index >= 15 is 0 Å². The van der Waals surface area contributed by atoms with Crippen LogP contribution in [-0.2, 0) is 0 Å². The van der Waals surface area contributed by atoms with Gasteiger partial charge in [-0.1, -0.05) is 0 Å². The van der Waals surface area contributed by atoms with Crippen LogP contribution in [0.1, 0.15) is 0 Å². The first kappa shape index (κ1) is 9.19. The summed E-state index contributed by atoms with van der Waals surface area (Å²) in [6.45, 7) is 0. The van der Waals surface area contributed by atoms with Gasteiger partial charge < -0.3 is 0 Å². The van der Waals surface area contributed by atoms with Gasteiger partial charge in [-0.2, -0.15) is 28.8 Å². The largest absolute Gasteiger partial charge is 0.198 e. The van der Waals surface area contributed by atoms with Gasteiger partial charge in [0.2, 0.25) is 0 Å². The summed E-state index contributed by atoms with van der Waals surface area (Å²) in [6.07, 6.45) is 4.06. The van der Waals surface area contributed by atoms with Crippen molar-refractivity contribution in [3.05, 3.63) is 0 Å². The topological polar surface area (TPSA) is 23.8 Å². The number of rotatable bonds is 4. The number of hydrogen-bond donors (Lipinski definition) is 0. The fourth-order valence-corrected chi connectivity index (χ4v) is 1.86. The van der Waals surface area contributed by atoms with Crippen molar-refractivity contribution in [3.8, 4) is 6.07 Å². The molecule has 0 saturated heterocycles. The van der Waals surface area contributed by atoms with Crippen LogP contribution in [0.15, 0.2) is 0 Å². The Bertz CT molecular complexity index is 91.7. The molecular formula is C6H11NS2. The van der Waals surface area contributed by atoms with Crippen LogP contribution in [-0.4, -0.2) is 24.0 Å². The quantitative estimate of drug-likeness (QED) is 0.629. The molecule has 0 radical (unpaired) electrons. The van der Waals surface area contributed by atoms with E-state index in [1.165, 1.54) is 0 Å². The molecule has 0 aromatic carbocycles. The van der Waals surface area contributed by atoms with E-state index < -0.39 is 0 Å². The maximum atomic E-state index is 8.51. The van der Waals surface area contributed by atoms with Crippen molar-refractivity contribution in [1.82, 2.24) is 0 Å². The van der Waals surface area contributed by atoms with Gasteiger partial charge in [-0.15, -0.1) is 0 Å². The van der Waals surface area contributed by atoms with Crippen LogP contribution in [0.4, 0.5) is 0 Å². The van der Waals surface area contributed by atoms with Crippen LogP contribution in [0.25, 0.3) is 0 Å². The Balaban J connectivity index is 3.32.